The van der Waals surface area contributed by atoms with Crippen molar-refractivity contribution in [2.45, 2.75) is 6.61 Å². The van der Waals surface area contributed by atoms with Gasteiger partial charge >= 0.3 is 11.9 Å². The van der Waals surface area contributed by atoms with E-state index < -0.39 is 11.8 Å². The van der Waals surface area contributed by atoms with Crippen molar-refractivity contribution in [1.82, 2.24) is 4.90 Å². The molecule has 0 aliphatic carbocycles. The van der Waals surface area contributed by atoms with Gasteiger partial charge in [0.05, 0.1) is 18.9 Å². The van der Waals surface area contributed by atoms with E-state index in [0.29, 0.717) is 13.1 Å². The number of hydrogen-bond acceptors (Lipinski definition) is 5. The van der Waals surface area contributed by atoms with Gasteiger partial charge in [-0.3, -0.25) is 9.59 Å². The zero-order chi connectivity index (χ0) is 14.5. The molecular weight excluding hydrogens is 258 g/mol. The van der Waals surface area contributed by atoms with Crippen LogP contribution in [-0.2, 0) is 25.7 Å². The lowest BCUT2D eigenvalue weighted by atomic mass is 9.96. The van der Waals surface area contributed by atoms with Crippen LogP contribution in [0.5, 0.6) is 0 Å². The Labute approximate surface area is 118 Å². The molecule has 20 heavy (non-hydrogen) atoms. The Morgan fingerprint density at radius 3 is 2.35 bits per heavy atom. The molecule has 0 amide bonds. The lowest BCUT2D eigenvalue weighted by Crippen LogP contribution is -2.30. The number of ether oxygens (including phenoxy) is 2. The quantitative estimate of drug-likeness (QED) is 0.771. The van der Waals surface area contributed by atoms with Crippen molar-refractivity contribution in [3.05, 3.63) is 35.9 Å². The lowest BCUT2D eigenvalue weighted by Gasteiger charge is -2.15. The maximum Gasteiger partial charge on any atom is 0.311 e. The molecule has 1 aromatic rings. The van der Waals surface area contributed by atoms with E-state index in [2.05, 4.69) is 0 Å². The highest BCUT2D eigenvalue weighted by atomic mass is 16.5. The molecule has 1 fully saturated rings. The van der Waals surface area contributed by atoms with Gasteiger partial charge in [-0.25, -0.2) is 0 Å². The Morgan fingerprint density at radius 1 is 1.15 bits per heavy atom. The van der Waals surface area contributed by atoms with E-state index in [1.54, 1.807) is 0 Å². The molecule has 1 heterocycles. The monoisotopic (exact) mass is 277 g/mol. The first kappa shape index (κ1) is 14.5. The minimum Gasteiger partial charge on any atom is -0.469 e. The van der Waals surface area contributed by atoms with E-state index >= 15 is 0 Å². The summed E-state index contributed by atoms with van der Waals surface area (Å²) in [6, 6.07) is 9.48. The number of methoxy groups -OCH3 is 1. The average Bonchev–Trinajstić information content (AvgIpc) is 2.87. The minimum absolute atomic E-state index is 0.230. The first-order valence-corrected chi connectivity index (χ1v) is 6.58. The number of hydrogen-bond donors (Lipinski definition) is 0. The number of benzene rings is 1. The summed E-state index contributed by atoms with van der Waals surface area (Å²) in [5.74, 6) is -1.57. The maximum absolute atomic E-state index is 12.1. The predicted molar refractivity (Wildman–Crippen MR) is 72.7 cm³/mol. The Morgan fingerprint density at radius 2 is 1.75 bits per heavy atom. The van der Waals surface area contributed by atoms with Gasteiger partial charge in [0.2, 0.25) is 0 Å². The Balaban J connectivity index is 1.95. The zero-order valence-electron chi connectivity index (χ0n) is 11.7. The molecule has 108 valence electrons. The van der Waals surface area contributed by atoms with Crippen LogP contribution in [0.1, 0.15) is 5.56 Å². The van der Waals surface area contributed by atoms with Gasteiger partial charge in [-0.2, -0.15) is 0 Å². The Hall–Kier alpha value is -1.88. The summed E-state index contributed by atoms with van der Waals surface area (Å²) in [6.07, 6.45) is 0. The second-order valence-electron chi connectivity index (χ2n) is 5.05. The van der Waals surface area contributed by atoms with Crippen molar-refractivity contribution in [2.75, 3.05) is 27.2 Å². The Bertz CT molecular complexity index is 474. The van der Waals surface area contributed by atoms with Gasteiger partial charge in [0, 0.05) is 13.1 Å². The van der Waals surface area contributed by atoms with Crippen molar-refractivity contribution in [2.24, 2.45) is 11.8 Å². The van der Waals surface area contributed by atoms with E-state index in [0.717, 1.165) is 5.56 Å². The smallest absolute Gasteiger partial charge is 0.311 e. The van der Waals surface area contributed by atoms with Crippen LogP contribution in [0.4, 0.5) is 0 Å². The van der Waals surface area contributed by atoms with Crippen molar-refractivity contribution < 1.29 is 19.1 Å². The van der Waals surface area contributed by atoms with Crippen LogP contribution in [0.25, 0.3) is 0 Å². The second-order valence-corrected chi connectivity index (χ2v) is 5.05. The lowest BCUT2D eigenvalue weighted by molar-refractivity contribution is -0.157. The normalized spacial score (nSPS) is 22.5. The maximum atomic E-state index is 12.1. The van der Waals surface area contributed by atoms with Crippen molar-refractivity contribution in [1.29, 1.82) is 0 Å². The predicted octanol–water partition coefficient (Wildman–Crippen LogP) is 1.08. The second kappa shape index (κ2) is 6.52. The standard InChI is InChI=1S/C15H19NO4/c1-16-8-12(14(17)19-2)13(9-16)15(18)20-10-11-6-4-3-5-7-11/h3-7,12-13H,8-10H2,1-2H3/t12-,13-/m0/s1. The van der Waals surface area contributed by atoms with Crippen LogP contribution >= 0.6 is 0 Å². The van der Waals surface area contributed by atoms with Gasteiger partial charge in [-0.15, -0.1) is 0 Å². The fourth-order valence-electron chi connectivity index (χ4n) is 2.47. The average molecular weight is 277 g/mol. The van der Waals surface area contributed by atoms with E-state index in [9.17, 15) is 9.59 Å². The highest BCUT2D eigenvalue weighted by molar-refractivity contribution is 5.83. The molecule has 0 saturated carbocycles. The number of carbonyl (C=O) groups excluding carboxylic acids is 2. The van der Waals surface area contributed by atoms with Crippen LogP contribution in [0, 0.1) is 11.8 Å². The summed E-state index contributed by atoms with van der Waals surface area (Å²) in [5, 5.41) is 0. The van der Waals surface area contributed by atoms with Gasteiger partial charge in [-0.1, -0.05) is 30.3 Å². The molecule has 0 unspecified atom stereocenters. The SMILES string of the molecule is COC(=O)[C@H]1CN(C)C[C@@H]1C(=O)OCc1ccccc1. The molecule has 0 bridgehead atoms. The molecule has 0 aromatic heterocycles. The molecular formula is C15H19NO4. The fourth-order valence-corrected chi connectivity index (χ4v) is 2.47. The van der Waals surface area contributed by atoms with Crippen LogP contribution in [-0.4, -0.2) is 44.1 Å². The molecule has 1 aromatic carbocycles. The van der Waals surface area contributed by atoms with E-state index in [1.807, 2.05) is 42.3 Å². The molecule has 0 spiro atoms. The molecule has 5 nitrogen and oxygen atoms in total. The Kier molecular flexibility index (Phi) is 4.74. The summed E-state index contributed by atoms with van der Waals surface area (Å²) in [4.78, 5) is 25.8. The fraction of sp³-hybridized carbons (Fsp3) is 0.467. The van der Waals surface area contributed by atoms with Gasteiger partial charge in [0.1, 0.15) is 6.61 Å². The van der Waals surface area contributed by atoms with Gasteiger partial charge < -0.3 is 14.4 Å². The molecule has 2 rings (SSSR count). The third-order valence-corrected chi connectivity index (χ3v) is 3.53. The van der Waals surface area contributed by atoms with Gasteiger partial charge in [0.25, 0.3) is 0 Å². The summed E-state index contributed by atoms with van der Waals surface area (Å²) in [7, 11) is 3.22. The van der Waals surface area contributed by atoms with E-state index in [1.165, 1.54) is 7.11 Å². The van der Waals surface area contributed by atoms with Crippen LogP contribution in [0.2, 0.25) is 0 Å². The van der Waals surface area contributed by atoms with Crippen LogP contribution < -0.4 is 0 Å². The number of likely N-dealkylation sites (tertiary alicyclic amines) is 1. The summed E-state index contributed by atoms with van der Waals surface area (Å²) in [5.41, 5.74) is 0.932. The molecule has 1 aliphatic heterocycles. The van der Waals surface area contributed by atoms with Gasteiger partial charge in [0.15, 0.2) is 0 Å². The van der Waals surface area contributed by atoms with E-state index in [-0.39, 0.29) is 18.5 Å². The van der Waals surface area contributed by atoms with Crippen molar-refractivity contribution >= 4 is 11.9 Å². The van der Waals surface area contributed by atoms with E-state index in [4.69, 9.17) is 9.47 Å². The molecule has 0 N–H and O–H groups in total. The van der Waals surface area contributed by atoms with Crippen LogP contribution in [0.15, 0.2) is 30.3 Å². The number of nitrogens with zero attached hydrogens (tertiary/aromatic N) is 1. The van der Waals surface area contributed by atoms with Crippen molar-refractivity contribution in [3.63, 3.8) is 0 Å². The zero-order valence-corrected chi connectivity index (χ0v) is 11.7. The largest absolute Gasteiger partial charge is 0.469 e. The highest BCUT2D eigenvalue weighted by Gasteiger charge is 2.42. The minimum atomic E-state index is -0.448. The first-order chi connectivity index (χ1) is 9.61. The molecule has 2 atom stereocenters. The third-order valence-electron chi connectivity index (χ3n) is 3.53. The summed E-state index contributed by atoms with van der Waals surface area (Å²) in [6.45, 7) is 1.28. The first-order valence-electron chi connectivity index (χ1n) is 6.58. The third kappa shape index (κ3) is 3.36. The number of rotatable bonds is 4. The van der Waals surface area contributed by atoms with Crippen LogP contribution in [0.3, 0.4) is 0 Å². The topological polar surface area (TPSA) is 55.8 Å². The highest BCUT2D eigenvalue weighted by Crippen LogP contribution is 2.25. The molecule has 0 radical (unpaired) electrons. The molecule has 1 saturated heterocycles. The number of esters is 2. The summed E-state index contributed by atoms with van der Waals surface area (Å²) >= 11 is 0. The summed E-state index contributed by atoms with van der Waals surface area (Å²) < 4.78 is 10.1. The molecule has 1 aliphatic rings. The molecule has 5 heteroatoms. The number of carbonyl (C=O) groups is 2. The van der Waals surface area contributed by atoms with Crippen molar-refractivity contribution in [3.8, 4) is 0 Å². The van der Waals surface area contributed by atoms with Gasteiger partial charge in [-0.05, 0) is 12.6 Å².